The second-order valence-corrected chi connectivity index (χ2v) is 11.6. The zero-order chi connectivity index (χ0) is 30.6. The number of hydrogen-bond acceptors (Lipinski definition) is 9. The lowest BCUT2D eigenvalue weighted by Crippen LogP contribution is -2.17. The second kappa shape index (κ2) is 12.6. The number of allylic oxidation sites excluding steroid dienone is 1. The summed E-state index contributed by atoms with van der Waals surface area (Å²) < 4.78 is 6.55. The number of azo groups is 1. The van der Waals surface area contributed by atoms with Crippen LogP contribution in [0.15, 0.2) is 99.1 Å². The van der Waals surface area contributed by atoms with E-state index in [1.54, 1.807) is 18.2 Å². The first-order valence-electron chi connectivity index (χ1n) is 14.5. The van der Waals surface area contributed by atoms with Crippen LogP contribution in [0, 0.1) is 17.2 Å². The smallest absolute Gasteiger partial charge is 0.239 e. The lowest BCUT2D eigenvalue weighted by Gasteiger charge is -2.19. The fraction of sp³-hybridized carbons (Fsp3) is 0.200. The maximum Gasteiger partial charge on any atom is 0.239 e. The molecule has 0 bridgehead atoms. The highest BCUT2D eigenvalue weighted by Crippen LogP contribution is 2.36. The third-order valence-corrected chi connectivity index (χ3v) is 8.54. The number of ketones is 2. The third-order valence-electron chi connectivity index (χ3n) is 7.67. The predicted octanol–water partition coefficient (Wildman–Crippen LogP) is 9.41. The number of anilines is 2. The summed E-state index contributed by atoms with van der Waals surface area (Å²) in [5.74, 6) is -1.52. The molecule has 218 valence electrons. The number of thiazole rings is 1. The van der Waals surface area contributed by atoms with Gasteiger partial charge in [0.25, 0.3) is 0 Å². The number of carbonyl (C=O) groups is 2. The summed E-state index contributed by atoms with van der Waals surface area (Å²) in [6.07, 6.45) is 5.55. The van der Waals surface area contributed by atoms with Crippen molar-refractivity contribution in [3.05, 3.63) is 107 Å². The molecule has 1 aliphatic carbocycles. The number of furan rings is 1. The molecule has 0 N–H and O–H groups in total. The molecule has 8 nitrogen and oxygen atoms in total. The fourth-order valence-electron chi connectivity index (χ4n) is 5.29. The lowest BCUT2D eigenvalue weighted by molar-refractivity contribution is 0.0867. The first-order valence-corrected chi connectivity index (χ1v) is 15.3. The number of unbranched alkanes of at least 4 members (excludes halogenated alkanes) is 2. The highest BCUT2D eigenvalue weighted by Gasteiger charge is 2.41. The van der Waals surface area contributed by atoms with Crippen molar-refractivity contribution in [2.24, 2.45) is 16.1 Å². The Bertz CT molecular complexity index is 1920. The molecule has 6 rings (SSSR count). The van der Waals surface area contributed by atoms with Gasteiger partial charge in [-0.15, -0.1) is 10.2 Å². The number of carbonyl (C=O) groups excluding carboxylic acids is 2. The van der Waals surface area contributed by atoms with Gasteiger partial charge in [-0.1, -0.05) is 61.4 Å². The molecular formula is C35H29N5O3S. The summed E-state index contributed by atoms with van der Waals surface area (Å²) in [7, 11) is 2.01. The number of Topliss-reactive ketones (excluding diaryl/α,β-unsaturated/α-hetero) is 2. The number of aryl methyl sites for hydroxylation is 1. The molecule has 5 aromatic rings. The van der Waals surface area contributed by atoms with E-state index in [4.69, 9.17) is 4.42 Å². The van der Waals surface area contributed by atoms with Crippen LogP contribution in [0.2, 0.25) is 0 Å². The standard InChI is InChI=1S/C35H29N5O3S/c1-3-4-6-9-22-12-17-28-29(18-22)33(42)31(32(28)41)23(21-36)19-27-20-30-34(43-27)37-35(44-30)39-38-24-13-15-26(16-14-24)40(2)25-10-7-5-8-11-25/h5,7-8,10-20,31H,3-4,6,9H2,1-2H3/b23-19+,39-38+. The monoisotopic (exact) mass is 599 g/mol. The number of nitrogens with zero attached hydrogens (tertiary/aromatic N) is 5. The quantitative estimate of drug-likeness (QED) is 0.0684. The fourth-order valence-corrected chi connectivity index (χ4v) is 6.05. The van der Waals surface area contributed by atoms with Crippen molar-refractivity contribution in [2.75, 3.05) is 11.9 Å². The minimum Gasteiger partial charge on any atom is -0.437 e. The van der Waals surface area contributed by atoms with Gasteiger partial charge in [-0.05, 0) is 66.9 Å². The van der Waals surface area contributed by atoms with Crippen LogP contribution >= 0.6 is 11.3 Å². The van der Waals surface area contributed by atoms with Gasteiger partial charge in [-0.2, -0.15) is 10.2 Å². The van der Waals surface area contributed by atoms with Crippen molar-refractivity contribution >= 4 is 61.6 Å². The number of benzene rings is 3. The number of nitriles is 1. The van der Waals surface area contributed by atoms with E-state index >= 15 is 0 Å². The number of aromatic nitrogens is 1. The Hall–Kier alpha value is -5.20. The lowest BCUT2D eigenvalue weighted by atomic mass is 9.94. The van der Waals surface area contributed by atoms with Gasteiger partial charge in [0.15, 0.2) is 11.6 Å². The molecule has 0 amide bonds. The molecule has 2 aromatic heterocycles. The van der Waals surface area contributed by atoms with Crippen LogP contribution in [0.4, 0.5) is 22.2 Å². The normalized spacial score (nSPS) is 14.8. The molecule has 1 aliphatic rings. The minimum atomic E-state index is -1.17. The molecule has 0 saturated heterocycles. The Balaban J connectivity index is 1.15. The molecule has 0 radical (unpaired) electrons. The highest BCUT2D eigenvalue weighted by molar-refractivity contribution is 7.21. The van der Waals surface area contributed by atoms with E-state index in [2.05, 4.69) is 33.1 Å². The topological polar surface area (TPSA) is 112 Å². The van der Waals surface area contributed by atoms with Gasteiger partial charge >= 0.3 is 0 Å². The van der Waals surface area contributed by atoms with Gasteiger partial charge in [0.1, 0.15) is 11.7 Å². The zero-order valence-corrected chi connectivity index (χ0v) is 25.2. The Kier molecular flexibility index (Phi) is 8.26. The van der Waals surface area contributed by atoms with E-state index in [-0.39, 0.29) is 17.1 Å². The van der Waals surface area contributed by atoms with Gasteiger partial charge in [-0.25, -0.2) is 0 Å². The van der Waals surface area contributed by atoms with Gasteiger partial charge in [0, 0.05) is 35.6 Å². The highest BCUT2D eigenvalue weighted by atomic mass is 32.1. The maximum absolute atomic E-state index is 13.3. The van der Waals surface area contributed by atoms with Crippen molar-refractivity contribution in [1.29, 1.82) is 5.26 Å². The van der Waals surface area contributed by atoms with E-state index in [1.165, 1.54) is 17.4 Å². The van der Waals surface area contributed by atoms with Gasteiger partial charge in [-0.3, -0.25) is 9.59 Å². The van der Waals surface area contributed by atoms with E-state index in [9.17, 15) is 14.9 Å². The Morgan fingerprint density at radius 1 is 0.977 bits per heavy atom. The van der Waals surface area contributed by atoms with Crippen LogP contribution in [0.25, 0.3) is 16.5 Å². The molecule has 3 aromatic carbocycles. The molecule has 0 fully saturated rings. The number of fused-ring (bicyclic) bond motifs is 2. The SMILES string of the molecule is CCCCCc1ccc2c(c1)C(=O)C(/C(C#N)=C/c1cc3sc(/N=N/c4ccc(N(C)c5ccccc5)cc4)nc3o1)C2=O. The van der Waals surface area contributed by atoms with Crippen LogP contribution in [0.5, 0.6) is 0 Å². The molecule has 0 saturated carbocycles. The maximum atomic E-state index is 13.3. The first kappa shape index (κ1) is 28.9. The van der Waals surface area contributed by atoms with Gasteiger partial charge in [0.2, 0.25) is 10.8 Å². The Morgan fingerprint density at radius 2 is 1.73 bits per heavy atom. The molecule has 2 heterocycles. The van der Waals surface area contributed by atoms with Crippen LogP contribution in [0.3, 0.4) is 0 Å². The molecule has 1 atom stereocenters. The summed E-state index contributed by atoms with van der Waals surface area (Å²) in [6.45, 7) is 2.14. The van der Waals surface area contributed by atoms with Crippen molar-refractivity contribution < 1.29 is 14.0 Å². The van der Waals surface area contributed by atoms with Crippen molar-refractivity contribution in [1.82, 2.24) is 4.98 Å². The number of hydrogen-bond donors (Lipinski definition) is 0. The molecular weight excluding hydrogens is 570 g/mol. The average Bonchev–Trinajstić information content (AvgIpc) is 3.69. The average molecular weight is 600 g/mol. The molecule has 1 unspecified atom stereocenters. The summed E-state index contributed by atoms with van der Waals surface area (Å²) in [5.41, 5.74) is 4.98. The van der Waals surface area contributed by atoms with Crippen LogP contribution < -0.4 is 4.90 Å². The summed E-state index contributed by atoms with van der Waals surface area (Å²) in [6, 6.07) is 27.0. The van der Waals surface area contributed by atoms with Crippen molar-refractivity contribution in [2.45, 2.75) is 32.6 Å². The minimum absolute atomic E-state index is 0.0476. The summed E-state index contributed by atoms with van der Waals surface area (Å²) >= 11 is 1.29. The third kappa shape index (κ3) is 5.85. The summed E-state index contributed by atoms with van der Waals surface area (Å²) in [4.78, 5) is 32.9. The van der Waals surface area contributed by atoms with E-state index in [1.807, 2.05) is 67.7 Å². The Morgan fingerprint density at radius 3 is 2.45 bits per heavy atom. The number of rotatable bonds is 10. The van der Waals surface area contributed by atoms with Crippen molar-refractivity contribution in [3.63, 3.8) is 0 Å². The zero-order valence-electron chi connectivity index (χ0n) is 24.4. The predicted molar refractivity (Wildman–Crippen MR) is 172 cm³/mol. The van der Waals surface area contributed by atoms with Gasteiger partial charge < -0.3 is 9.32 Å². The Labute approximate surface area is 259 Å². The van der Waals surface area contributed by atoms with E-state index in [0.717, 1.165) is 42.6 Å². The molecule has 0 spiro atoms. The van der Waals surface area contributed by atoms with Crippen LogP contribution in [-0.4, -0.2) is 23.6 Å². The van der Waals surface area contributed by atoms with Crippen LogP contribution in [0.1, 0.15) is 58.2 Å². The van der Waals surface area contributed by atoms with E-state index < -0.39 is 5.92 Å². The molecule has 9 heteroatoms. The largest absolute Gasteiger partial charge is 0.437 e. The first-order chi connectivity index (χ1) is 21.4. The second-order valence-electron chi connectivity index (χ2n) is 10.6. The van der Waals surface area contributed by atoms with Crippen LogP contribution in [-0.2, 0) is 6.42 Å². The van der Waals surface area contributed by atoms with Gasteiger partial charge in [0.05, 0.1) is 22.0 Å². The number of para-hydroxylation sites is 1. The molecule has 0 aliphatic heterocycles. The summed E-state index contributed by atoms with van der Waals surface area (Å²) in [5, 5.41) is 18.9. The molecule has 44 heavy (non-hydrogen) atoms. The van der Waals surface area contributed by atoms with Crippen molar-refractivity contribution in [3.8, 4) is 6.07 Å². The van der Waals surface area contributed by atoms with E-state index in [0.29, 0.717) is 38.1 Å².